The Hall–Kier alpha value is -2.89. The predicted molar refractivity (Wildman–Crippen MR) is 124 cm³/mol. The van der Waals surface area contributed by atoms with E-state index in [2.05, 4.69) is 39.4 Å². The molecule has 4 aromatic rings. The first-order valence-electron chi connectivity index (χ1n) is 9.87. The molecule has 30 heavy (non-hydrogen) atoms. The molecule has 3 aromatic carbocycles. The third-order valence-electron chi connectivity index (χ3n) is 5.23. The van der Waals surface area contributed by atoms with Crippen molar-refractivity contribution in [3.8, 4) is 0 Å². The van der Waals surface area contributed by atoms with Crippen LogP contribution >= 0.6 is 15.9 Å². The van der Waals surface area contributed by atoms with Gasteiger partial charge in [0.25, 0.3) is 0 Å². The molecule has 1 heterocycles. The summed E-state index contributed by atoms with van der Waals surface area (Å²) < 4.78 is 2.96. The van der Waals surface area contributed by atoms with Gasteiger partial charge in [0.2, 0.25) is 0 Å². The van der Waals surface area contributed by atoms with Crippen molar-refractivity contribution in [3.63, 3.8) is 0 Å². The van der Waals surface area contributed by atoms with Gasteiger partial charge in [0.1, 0.15) is 5.69 Å². The van der Waals surface area contributed by atoms with Gasteiger partial charge in [0.05, 0.1) is 0 Å². The normalized spacial score (nSPS) is 11.1. The van der Waals surface area contributed by atoms with Gasteiger partial charge in [-0.15, -0.1) is 0 Å². The van der Waals surface area contributed by atoms with Crippen molar-refractivity contribution < 1.29 is 9.90 Å². The smallest absolute Gasteiger partial charge is 0.352 e. The minimum atomic E-state index is -0.904. The number of carboxylic acids is 1. The van der Waals surface area contributed by atoms with E-state index in [-0.39, 0.29) is 0 Å². The molecule has 0 aliphatic carbocycles. The highest BCUT2D eigenvalue weighted by atomic mass is 79.9. The Labute approximate surface area is 184 Å². The maximum absolute atomic E-state index is 12.3. The zero-order valence-corrected chi connectivity index (χ0v) is 18.3. The monoisotopic (exact) mass is 462 g/mol. The number of aryl methyl sites for hydroxylation is 1. The predicted octanol–water partition coefficient (Wildman–Crippen LogP) is 5.75. The number of benzene rings is 3. The van der Waals surface area contributed by atoms with E-state index in [1.165, 1.54) is 0 Å². The van der Waals surface area contributed by atoms with Crippen molar-refractivity contribution in [2.24, 2.45) is 0 Å². The maximum atomic E-state index is 12.3. The minimum Gasteiger partial charge on any atom is -0.477 e. The number of rotatable bonds is 7. The summed E-state index contributed by atoms with van der Waals surface area (Å²) in [6.07, 6.45) is 0. The average molecular weight is 463 g/mol. The number of halogens is 1. The first-order chi connectivity index (χ1) is 14.5. The molecule has 5 heteroatoms. The van der Waals surface area contributed by atoms with Crippen LogP contribution in [0, 0.1) is 6.92 Å². The third kappa shape index (κ3) is 4.32. The van der Waals surface area contributed by atoms with Crippen molar-refractivity contribution in [2.75, 3.05) is 0 Å². The van der Waals surface area contributed by atoms with E-state index < -0.39 is 5.97 Å². The molecule has 2 N–H and O–H groups in total. The number of aromatic nitrogens is 1. The van der Waals surface area contributed by atoms with Crippen molar-refractivity contribution in [2.45, 2.75) is 26.6 Å². The van der Waals surface area contributed by atoms with Gasteiger partial charge in [-0.05, 0) is 41.8 Å². The van der Waals surface area contributed by atoms with Crippen LogP contribution in [0.1, 0.15) is 32.7 Å². The fraction of sp³-hybridized carbons (Fsp3) is 0.160. The van der Waals surface area contributed by atoms with Gasteiger partial charge in [-0.1, -0.05) is 70.5 Å². The number of nitrogens with one attached hydrogen (secondary N) is 1. The molecule has 0 spiro atoms. The molecule has 0 fully saturated rings. The lowest BCUT2D eigenvalue weighted by Crippen LogP contribution is -2.17. The molecule has 0 amide bonds. The molecule has 152 valence electrons. The Morgan fingerprint density at radius 1 is 0.967 bits per heavy atom. The van der Waals surface area contributed by atoms with Gasteiger partial charge in [0.15, 0.2) is 0 Å². The Morgan fingerprint density at radius 2 is 1.73 bits per heavy atom. The van der Waals surface area contributed by atoms with Gasteiger partial charge in [-0.3, -0.25) is 0 Å². The number of fused-ring (bicyclic) bond motifs is 1. The second kappa shape index (κ2) is 8.86. The highest BCUT2D eigenvalue weighted by Gasteiger charge is 2.22. The van der Waals surface area contributed by atoms with Crippen molar-refractivity contribution in [1.29, 1.82) is 0 Å². The van der Waals surface area contributed by atoms with E-state index in [9.17, 15) is 9.90 Å². The fourth-order valence-electron chi connectivity index (χ4n) is 3.86. The summed E-state index contributed by atoms with van der Waals surface area (Å²) in [7, 11) is 0. The molecule has 1 aromatic heterocycles. The van der Waals surface area contributed by atoms with Crippen LogP contribution in [-0.2, 0) is 19.6 Å². The molecule has 0 bridgehead atoms. The fourth-order valence-corrected chi connectivity index (χ4v) is 4.31. The summed E-state index contributed by atoms with van der Waals surface area (Å²) in [5, 5.41) is 14.5. The van der Waals surface area contributed by atoms with Gasteiger partial charge in [0, 0.05) is 40.6 Å². The second-order valence-corrected chi connectivity index (χ2v) is 8.37. The summed E-state index contributed by atoms with van der Waals surface area (Å²) in [6, 6.07) is 24.2. The highest BCUT2D eigenvalue weighted by Crippen LogP contribution is 2.29. The number of hydrogen-bond donors (Lipinski definition) is 2. The lowest BCUT2D eigenvalue weighted by Gasteiger charge is -2.10. The largest absolute Gasteiger partial charge is 0.477 e. The number of hydrogen-bond acceptors (Lipinski definition) is 2. The van der Waals surface area contributed by atoms with Crippen molar-refractivity contribution in [3.05, 3.63) is 105 Å². The van der Waals surface area contributed by atoms with Gasteiger partial charge in [-0.25, -0.2) is 4.79 Å². The van der Waals surface area contributed by atoms with Crippen LogP contribution in [0.3, 0.4) is 0 Å². The zero-order chi connectivity index (χ0) is 21.1. The maximum Gasteiger partial charge on any atom is 0.352 e. The summed E-state index contributed by atoms with van der Waals surface area (Å²) in [4.78, 5) is 12.3. The van der Waals surface area contributed by atoms with E-state index in [0.29, 0.717) is 25.3 Å². The first kappa shape index (κ1) is 20.4. The Balaban J connectivity index is 1.72. The lowest BCUT2D eigenvalue weighted by molar-refractivity contribution is 0.0685. The number of carboxylic acid groups (broad SMARTS) is 1. The van der Waals surface area contributed by atoms with Gasteiger partial charge < -0.3 is 15.0 Å². The molecule has 0 aliphatic rings. The van der Waals surface area contributed by atoms with E-state index in [1.807, 2.05) is 66.1 Å². The molecule has 0 aliphatic heterocycles. The molecular weight excluding hydrogens is 440 g/mol. The highest BCUT2D eigenvalue weighted by molar-refractivity contribution is 9.10. The standard InChI is InChI=1S/C25H23BrN2O2/c1-17-10-11-21-22(15-27-14-19-8-5-9-20(26)13-19)24(25(29)30)28(23(21)12-17)16-18-6-3-2-4-7-18/h2-13,27H,14-16H2,1H3,(H,29,30). The number of aromatic carboxylic acids is 1. The SMILES string of the molecule is Cc1ccc2c(CNCc3cccc(Br)c3)c(C(=O)O)n(Cc3ccccc3)c2c1. The van der Waals surface area contributed by atoms with E-state index in [4.69, 9.17) is 0 Å². The van der Waals surface area contributed by atoms with Crippen LogP contribution < -0.4 is 5.32 Å². The summed E-state index contributed by atoms with van der Waals surface area (Å²) in [5.74, 6) is -0.904. The molecule has 0 saturated carbocycles. The Bertz CT molecular complexity index is 1200. The van der Waals surface area contributed by atoms with E-state index in [1.54, 1.807) is 0 Å². The summed E-state index contributed by atoms with van der Waals surface area (Å²) in [6.45, 7) is 3.70. The molecule has 0 radical (unpaired) electrons. The van der Waals surface area contributed by atoms with Crippen LogP contribution in [-0.4, -0.2) is 15.6 Å². The van der Waals surface area contributed by atoms with E-state index >= 15 is 0 Å². The van der Waals surface area contributed by atoms with Crippen molar-refractivity contribution >= 4 is 32.8 Å². The Morgan fingerprint density at radius 3 is 2.47 bits per heavy atom. The quantitative estimate of drug-likeness (QED) is 0.367. The molecule has 4 rings (SSSR count). The minimum absolute atomic E-state index is 0.348. The molecule has 0 saturated heterocycles. The topological polar surface area (TPSA) is 54.3 Å². The number of carbonyl (C=O) groups is 1. The summed E-state index contributed by atoms with van der Waals surface area (Å²) >= 11 is 3.49. The van der Waals surface area contributed by atoms with Crippen LogP contribution in [0.2, 0.25) is 0 Å². The molecule has 0 unspecified atom stereocenters. The second-order valence-electron chi connectivity index (χ2n) is 7.46. The van der Waals surface area contributed by atoms with Crippen LogP contribution in [0.15, 0.2) is 77.3 Å². The van der Waals surface area contributed by atoms with Crippen LogP contribution in [0.4, 0.5) is 0 Å². The van der Waals surface area contributed by atoms with Gasteiger partial charge >= 0.3 is 5.97 Å². The first-order valence-corrected chi connectivity index (χ1v) is 10.7. The van der Waals surface area contributed by atoms with Crippen LogP contribution in [0.5, 0.6) is 0 Å². The average Bonchev–Trinajstić information content (AvgIpc) is 3.02. The number of nitrogens with zero attached hydrogens (tertiary/aromatic N) is 1. The molecular formula is C25H23BrN2O2. The molecule has 0 atom stereocenters. The lowest BCUT2D eigenvalue weighted by atomic mass is 10.1. The van der Waals surface area contributed by atoms with E-state index in [0.717, 1.165) is 37.6 Å². The zero-order valence-electron chi connectivity index (χ0n) is 16.7. The summed E-state index contributed by atoms with van der Waals surface area (Å²) in [5.41, 5.74) is 5.46. The third-order valence-corrected chi connectivity index (χ3v) is 5.72. The van der Waals surface area contributed by atoms with Crippen molar-refractivity contribution in [1.82, 2.24) is 9.88 Å². The van der Waals surface area contributed by atoms with Crippen LogP contribution in [0.25, 0.3) is 10.9 Å². The van der Waals surface area contributed by atoms with Gasteiger partial charge in [-0.2, -0.15) is 0 Å². The molecule has 4 nitrogen and oxygen atoms in total. The Kier molecular flexibility index (Phi) is 6.02.